The topological polar surface area (TPSA) is 29.3 Å². The lowest BCUT2D eigenvalue weighted by Crippen LogP contribution is -2.42. The van der Waals surface area contributed by atoms with Crippen molar-refractivity contribution < 1.29 is 4.39 Å². The van der Waals surface area contributed by atoms with E-state index in [1.54, 1.807) is 6.07 Å². The molecule has 1 aliphatic carbocycles. The van der Waals surface area contributed by atoms with Crippen molar-refractivity contribution in [3.05, 3.63) is 30.1 Å². The molecule has 1 fully saturated rings. The second kappa shape index (κ2) is 7.07. The first-order valence-corrected chi connectivity index (χ1v) is 7.83. The molecule has 2 nitrogen and oxygen atoms in total. The van der Waals surface area contributed by atoms with Gasteiger partial charge in [0.2, 0.25) is 0 Å². The molecule has 0 bridgehead atoms. The number of benzene rings is 1. The first kappa shape index (κ1) is 15.3. The summed E-state index contributed by atoms with van der Waals surface area (Å²) >= 11 is 0. The third kappa shape index (κ3) is 3.72. The van der Waals surface area contributed by atoms with Crippen molar-refractivity contribution in [3.63, 3.8) is 0 Å². The number of rotatable bonds is 5. The molecule has 3 unspecified atom stereocenters. The molecule has 3 atom stereocenters. The quantitative estimate of drug-likeness (QED) is 0.887. The minimum absolute atomic E-state index is 0.149. The van der Waals surface area contributed by atoms with Gasteiger partial charge in [0, 0.05) is 19.6 Å². The Morgan fingerprint density at radius 3 is 2.75 bits per heavy atom. The molecular weight excluding hydrogens is 251 g/mol. The monoisotopic (exact) mass is 278 g/mol. The number of nitrogens with two attached hydrogens (primary N) is 1. The first-order valence-electron chi connectivity index (χ1n) is 7.83. The predicted molar refractivity (Wildman–Crippen MR) is 83.4 cm³/mol. The highest BCUT2D eigenvalue weighted by atomic mass is 19.1. The van der Waals surface area contributed by atoms with Crippen molar-refractivity contribution in [3.8, 4) is 0 Å². The van der Waals surface area contributed by atoms with Gasteiger partial charge in [-0.25, -0.2) is 4.39 Å². The molecule has 2 rings (SSSR count). The highest BCUT2D eigenvalue weighted by Crippen LogP contribution is 2.32. The van der Waals surface area contributed by atoms with Crippen LogP contribution in [0.4, 0.5) is 10.1 Å². The van der Waals surface area contributed by atoms with Crippen LogP contribution in [-0.2, 0) is 0 Å². The van der Waals surface area contributed by atoms with E-state index < -0.39 is 0 Å². The van der Waals surface area contributed by atoms with Crippen LogP contribution in [0.1, 0.15) is 39.0 Å². The van der Waals surface area contributed by atoms with Gasteiger partial charge >= 0.3 is 0 Å². The zero-order valence-corrected chi connectivity index (χ0v) is 12.7. The largest absolute Gasteiger partial charge is 0.372 e. The number of para-hydroxylation sites is 1. The van der Waals surface area contributed by atoms with Crippen molar-refractivity contribution >= 4 is 5.69 Å². The van der Waals surface area contributed by atoms with Gasteiger partial charge < -0.3 is 10.6 Å². The number of halogens is 1. The van der Waals surface area contributed by atoms with E-state index in [0.717, 1.165) is 18.9 Å². The summed E-state index contributed by atoms with van der Waals surface area (Å²) < 4.78 is 13.8. The van der Waals surface area contributed by atoms with Crippen LogP contribution < -0.4 is 10.6 Å². The molecule has 0 radical (unpaired) electrons. The van der Waals surface area contributed by atoms with Gasteiger partial charge in [-0.15, -0.1) is 0 Å². The summed E-state index contributed by atoms with van der Waals surface area (Å²) in [4.78, 5) is 2.02. The van der Waals surface area contributed by atoms with Crippen LogP contribution in [-0.4, -0.2) is 19.6 Å². The molecule has 1 aliphatic rings. The minimum atomic E-state index is -0.149. The number of hydrogen-bond donors (Lipinski definition) is 1. The fraction of sp³-hybridized carbons (Fsp3) is 0.647. The van der Waals surface area contributed by atoms with Gasteiger partial charge in [0.15, 0.2) is 0 Å². The molecule has 0 saturated heterocycles. The second-order valence-electron chi connectivity index (χ2n) is 6.22. The van der Waals surface area contributed by atoms with Gasteiger partial charge in [0.05, 0.1) is 5.69 Å². The zero-order chi connectivity index (χ0) is 14.5. The average Bonchev–Trinajstić information content (AvgIpc) is 2.43. The standard InChI is InChI=1S/C17H27FN2/c1-3-6-13-9-10-16(19)14(11-13)12-20(2)17-8-5-4-7-15(17)18/h4-5,7-8,13-14,16H,3,6,9-12,19H2,1-2H3. The smallest absolute Gasteiger partial charge is 0.146 e. The summed E-state index contributed by atoms with van der Waals surface area (Å²) in [6.07, 6.45) is 6.10. The molecule has 3 heteroatoms. The third-order valence-corrected chi connectivity index (χ3v) is 4.62. The minimum Gasteiger partial charge on any atom is -0.372 e. The van der Waals surface area contributed by atoms with Crippen LogP contribution in [0.2, 0.25) is 0 Å². The Morgan fingerprint density at radius 2 is 2.05 bits per heavy atom. The summed E-state index contributed by atoms with van der Waals surface area (Å²) in [7, 11) is 1.97. The third-order valence-electron chi connectivity index (χ3n) is 4.62. The SMILES string of the molecule is CCCC1CCC(N)C(CN(C)c2ccccc2F)C1. The van der Waals surface area contributed by atoms with Crippen LogP contribution in [0.3, 0.4) is 0 Å². The summed E-state index contributed by atoms with van der Waals surface area (Å²) in [6, 6.07) is 7.24. The van der Waals surface area contributed by atoms with Crippen LogP contribution in [0, 0.1) is 17.7 Å². The van der Waals surface area contributed by atoms with Crippen molar-refractivity contribution in [2.24, 2.45) is 17.6 Å². The van der Waals surface area contributed by atoms with Crippen LogP contribution in [0.5, 0.6) is 0 Å². The maximum atomic E-state index is 13.8. The summed E-state index contributed by atoms with van der Waals surface area (Å²) in [6.45, 7) is 3.09. The number of anilines is 1. The van der Waals surface area contributed by atoms with Crippen molar-refractivity contribution in [1.29, 1.82) is 0 Å². The van der Waals surface area contributed by atoms with Crippen LogP contribution in [0.15, 0.2) is 24.3 Å². The molecule has 0 aliphatic heterocycles. The van der Waals surface area contributed by atoms with E-state index in [1.165, 1.54) is 31.7 Å². The van der Waals surface area contributed by atoms with E-state index in [4.69, 9.17) is 5.73 Å². The zero-order valence-electron chi connectivity index (χ0n) is 12.7. The van der Waals surface area contributed by atoms with Crippen molar-refractivity contribution in [2.45, 2.75) is 45.1 Å². The molecule has 0 amide bonds. The maximum Gasteiger partial charge on any atom is 0.146 e. The van der Waals surface area contributed by atoms with Gasteiger partial charge in [0.25, 0.3) is 0 Å². The van der Waals surface area contributed by atoms with Gasteiger partial charge in [-0.05, 0) is 43.2 Å². The van der Waals surface area contributed by atoms with E-state index >= 15 is 0 Å². The Kier molecular flexibility index (Phi) is 5.41. The molecule has 1 saturated carbocycles. The molecule has 0 aromatic heterocycles. The van der Waals surface area contributed by atoms with Gasteiger partial charge in [0.1, 0.15) is 5.82 Å². The molecule has 1 aromatic carbocycles. The molecular formula is C17H27FN2. The highest BCUT2D eigenvalue weighted by molar-refractivity contribution is 5.46. The molecule has 0 spiro atoms. The summed E-state index contributed by atoms with van der Waals surface area (Å²) in [5, 5.41) is 0. The Hall–Kier alpha value is -1.09. The number of nitrogens with zero attached hydrogens (tertiary/aromatic N) is 1. The van der Waals surface area contributed by atoms with E-state index in [2.05, 4.69) is 6.92 Å². The van der Waals surface area contributed by atoms with Gasteiger partial charge in [-0.3, -0.25) is 0 Å². The number of hydrogen-bond acceptors (Lipinski definition) is 2. The van der Waals surface area contributed by atoms with E-state index in [-0.39, 0.29) is 11.9 Å². The Labute approximate surface area is 122 Å². The van der Waals surface area contributed by atoms with Crippen molar-refractivity contribution in [2.75, 3.05) is 18.5 Å². The normalized spacial score (nSPS) is 26.5. The van der Waals surface area contributed by atoms with Gasteiger partial charge in [-0.1, -0.05) is 31.9 Å². The second-order valence-corrected chi connectivity index (χ2v) is 6.22. The lowest BCUT2D eigenvalue weighted by atomic mass is 9.76. The fourth-order valence-electron chi connectivity index (χ4n) is 3.48. The summed E-state index contributed by atoms with van der Waals surface area (Å²) in [5.74, 6) is 1.13. The van der Waals surface area contributed by atoms with Crippen LogP contribution in [0.25, 0.3) is 0 Å². The molecule has 0 heterocycles. The molecule has 1 aromatic rings. The average molecular weight is 278 g/mol. The molecule has 2 N–H and O–H groups in total. The Balaban J connectivity index is 1.98. The van der Waals surface area contributed by atoms with Crippen molar-refractivity contribution in [1.82, 2.24) is 0 Å². The van der Waals surface area contributed by atoms with E-state index in [0.29, 0.717) is 11.6 Å². The van der Waals surface area contributed by atoms with E-state index in [9.17, 15) is 4.39 Å². The first-order chi connectivity index (χ1) is 9.61. The molecule has 20 heavy (non-hydrogen) atoms. The Bertz CT molecular complexity index is 421. The maximum absolute atomic E-state index is 13.8. The summed E-state index contributed by atoms with van der Waals surface area (Å²) in [5.41, 5.74) is 6.96. The lowest BCUT2D eigenvalue weighted by molar-refractivity contribution is 0.226. The van der Waals surface area contributed by atoms with Gasteiger partial charge in [-0.2, -0.15) is 0 Å². The lowest BCUT2D eigenvalue weighted by Gasteiger charge is -2.37. The van der Waals surface area contributed by atoms with Crippen LogP contribution >= 0.6 is 0 Å². The highest BCUT2D eigenvalue weighted by Gasteiger charge is 2.28. The molecule has 112 valence electrons. The van der Waals surface area contributed by atoms with E-state index in [1.807, 2.05) is 24.1 Å². The predicted octanol–water partition coefficient (Wildman–Crippen LogP) is 3.81. The Morgan fingerprint density at radius 1 is 1.30 bits per heavy atom. The fourth-order valence-corrected chi connectivity index (χ4v) is 3.48.